The molecule has 0 unspecified atom stereocenters. The highest BCUT2D eigenvalue weighted by Crippen LogP contribution is 2.26. The molecule has 4 aromatic rings. The van der Waals surface area contributed by atoms with Crippen LogP contribution in [-0.4, -0.2) is 31.5 Å². The average molecular weight is 316 g/mol. The Morgan fingerprint density at radius 2 is 1.75 bits per heavy atom. The molecular weight excluding hydrogens is 300 g/mol. The van der Waals surface area contributed by atoms with Crippen LogP contribution in [0.5, 0.6) is 0 Å². The fourth-order valence-electron chi connectivity index (χ4n) is 2.61. The Kier molecular flexibility index (Phi) is 3.85. The molecule has 0 amide bonds. The van der Waals surface area contributed by atoms with E-state index in [1.807, 2.05) is 42.6 Å². The normalized spacial score (nSPS) is 10.8. The molecular formula is C18H16N6. The minimum absolute atomic E-state index is 0.618. The number of nitrogens with zero attached hydrogens (tertiary/aromatic N) is 5. The minimum atomic E-state index is 0.618. The van der Waals surface area contributed by atoms with Crippen molar-refractivity contribution >= 4 is 16.9 Å². The first kappa shape index (κ1) is 14.3. The SMILES string of the molecule is c1ccc(-c2nc(NCCn3ccnn3)nc3ccccc23)cc1. The zero-order valence-electron chi connectivity index (χ0n) is 13.0. The molecule has 0 atom stereocenters. The van der Waals surface area contributed by atoms with Crippen LogP contribution >= 0.6 is 0 Å². The maximum absolute atomic E-state index is 4.72. The molecule has 0 saturated heterocycles. The van der Waals surface area contributed by atoms with Crippen LogP contribution in [0.1, 0.15) is 0 Å². The number of hydrogen-bond donors (Lipinski definition) is 1. The molecule has 2 aromatic heterocycles. The van der Waals surface area contributed by atoms with Gasteiger partial charge in [0.05, 0.1) is 24.0 Å². The molecule has 1 N–H and O–H groups in total. The predicted molar refractivity (Wildman–Crippen MR) is 93.5 cm³/mol. The highest BCUT2D eigenvalue weighted by molar-refractivity contribution is 5.93. The van der Waals surface area contributed by atoms with Crippen LogP contribution in [-0.2, 0) is 6.54 Å². The first-order valence-corrected chi connectivity index (χ1v) is 7.80. The zero-order valence-corrected chi connectivity index (χ0v) is 13.0. The maximum atomic E-state index is 4.72. The van der Waals surface area contributed by atoms with E-state index >= 15 is 0 Å². The number of fused-ring (bicyclic) bond motifs is 1. The van der Waals surface area contributed by atoms with E-state index in [0.717, 1.165) is 22.2 Å². The van der Waals surface area contributed by atoms with Crippen LogP contribution in [0.3, 0.4) is 0 Å². The van der Waals surface area contributed by atoms with E-state index in [1.54, 1.807) is 10.9 Å². The highest BCUT2D eigenvalue weighted by Gasteiger charge is 2.09. The quantitative estimate of drug-likeness (QED) is 0.613. The lowest BCUT2D eigenvalue weighted by Gasteiger charge is -2.10. The summed E-state index contributed by atoms with van der Waals surface area (Å²) < 4.78 is 1.77. The van der Waals surface area contributed by atoms with Crippen LogP contribution in [0.2, 0.25) is 0 Å². The Hall–Kier alpha value is -3.28. The van der Waals surface area contributed by atoms with Crippen LogP contribution < -0.4 is 5.32 Å². The summed E-state index contributed by atoms with van der Waals surface area (Å²) in [6.07, 6.45) is 3.50. The molecule has 0 spiro atoms. The van der Waals surface area contributed by atoms with Gasteiger partial charge in [-0.2, -0.15) is 0 Å². The van der Waals surface area contributed by atoms with Gasteiger partial charge in [0.15, 0.2) is 0 Å². The number of anilines is 1. The summed E-state index contributed by atoms with van der Waals surface area (Å²) >= 11 is 0. The van der Waals surface area contributed by atoms with Gasteiger partial charge in [-0.15, -0.1) is 5.10 Å². The maximum Gasteiger partial charge on any atom is 0.223 e. The molecule has 0 aliphatic heterocycles. The number of hydrogen-bond acceptors (Lipinski definition) is 5. The van der Waals surface area contributed by atoms with Crippen molar-refractivity contribution in [2.24, 2.45) is 0 Å². The van der Waals surface area contributed by atoms with Crippen molar-refractivity contribution in [3.63, 3.8) is 0 Å². The van der Waals surface area contributed by atoms with Gasteiger partial charge in [-0.3, -0.25) is 4.68 Å². The number of para-hydroxylation sites is 1. The third-order valence-corrected chi connectivity index (χ3v) is 3.75. The molecule has 24 heavy (non-hydrogen) atoms. The van der Waals surface area contributed by atoms with Gasteiger partial charge in [0.2, 0.25) is 5.95 Å². The van der Waals surface area contributed by atoms with E-state index in [4.69, 9.17) is 4.98 Å². The first-order chi connectivity index (χ1) is 11.9. The second-order valence-corrected chi connectivity index (χ2v) is 5.37. The Labute approximate surface area is 139 Å². The van der Waals surface area contributed by atoms with Gasteiger partial charge in [0, 0.05) is 23.7 Å². The van der Waals surface area contributed by atoms with Gasteiger partial charge in [0.25, 0.3) is 0 Å². The summed E-state index contributed by atoms with van der Waals surface area (Å²) in [6.45, 7) is 1.38. The molecule has 0 aliphatic carbocycles. The van der Waals surface area contributed by atoms with Crippen molar-refractivity contribution in [3.05, 3.63) is 67.0 Å². The Balaban J connectivity index is 1.66. The smallest absolute Gasteiger partial charge is 0.223 e. The number of aromatic nitrogens is 5. The van der Waals surface area contributed by atoms with Gasteiger partial charge in [-0.25, -0.2) is 9.97 Å². The van der Waals surface area contributed by atoms with Gasteiger partial charge < -0.3 is 5.32 Å². The van der Waals surface area contributed by atoms with E-state index in [-0.39, 0.29) is 0 Å². The molecule has 2 heterocycles. The molecule has 2 aromatic carbocycles. The van der Waals surface area contributed by atoms with Crippen LogP contribution in [0, 0.1) is 0 Å². The van der Waals surface area contributed by atoms with Gasteiger partial charge >= 0.3 is 0 Å². The lowest BCUT2D eigenvalue weighted by molar-refractivity contribution is 0.607. The summed E-state index contributed by atoms with van der Waals surface area (Å²) in [7, 11) is 0. The minimum Gasteiger partial charge on any atom is -0.352 e. The standard InChI is InChI=1S/C18H16N6/c1-2-6-14(7-3-1)17-15-8-4-5-9-16(15)21-18(22-17)19-10-12-24-13-11-20-23-24/h1-9,11,13H,10,12H2,(H,19,21,22). The summed E-state index contributed by atoms with van der Waals surface area (Å²) in [5.74, 6) is 0.618. The number of rotatable bonds is 5. The number of nitrogens with one attached hydrogen (secondary N) is 1. The Morgan fingerprint density at radius 3 is 2.58 bits per heavy atom. The Morgan fingerprint density at radius 1 is 0.917 bits per heavy atom. The number of benzene rings is 2. The van der Waals surface area contributed by atoms with Crippen molar-refractivity contribution in [2.75, 3.05) is 11.9 Å². The van der Waals surface area contributed by atoms with Crippen molar-refractivity contribution in [2.45, 2.75) is 6.54 Å². The molecule has 0 saturated carbocycles. The van der Waals surface area contributed by atoms with Crippen LogP contribution in [0.4, 0.5) is 5.95 Å². The van der Waals surface area contributed by atoms with E-state index in [0.29, 0.717) is 19.0 Å². The summed E-state index contributed by atoms with van der Waals surface area (Å²) in [6, 6.07) is 18.2. The average Bonchev–Trinajstić information content (AvgIpc) is 3.15. The summed E-state index contributed by atoms with van der Waals surface area (Å²) in [5, 5.41) is 12.1. The Bertz CT molecular complexity index is 934. The van der Waals surface area contributed by atoms with Crippen LogP contribution in [0.25, 0.3) is 22.2 Å². The molecule has 118 valence electrons. The molecule has 0 bridgehead atoms. The first-order valence-electron chi connectivity index (χ1n) is 7.80. The van der Waals surface area contributed by atoms with Gasteiger partial charge in [-0.1, -0.05) is 53.7 Å². The largest absolute Gasteiger partial charge is 0.352 e. The van der Waals surface area contributed by atoms with E-state index < -0.39 is 0 Å². The van der Waals surface area contributed by atoms with E-state index in [2.05, 4.69) is 38.8 Å². The third kappa shape index (κ3) is 2.94. The van der Waals surface area contributed by atoms with Crippen molar-refractivity contribution in [1.29, 1.82) is 0 Å². The van der Waals surface area contributed by atoms with E-state index in [1.165, 1.54) is 0 Å². The topological polar surface area (TPSA) is 68.5 Å². The van der Waals surface area contributed by atoms with E-state index in [9.17, 15) is 0 Å². The lowest BCUT2D eigenvalue weighted by atomic mass is 10.1. The van der Waals surface area contributed by atoms with Crippen molar-refractivity contribution in [1.82, 2.24) is 25.0 Å². The molecule has 4 rings (SSSR count). The van der Waals surface area contributed by atoms with Crippen molar-refractivity contribution in [3.8, 4) is 11.3 Å². The monoisotopic (exact) mass is 316 g/mol. The fourth-order valence-corrected chi connectivity index (χ4v) is 2.61. The second kappa shape index (κ2) is 6.45. The lowest BCUT2D eigenvalue weighted by Crippen LogP contribution is -2.13. The predicted octanol–water partition coefficient (Wildman–Crippen LogP) is 3.00. The summed E-state index contributed by atoms with van der Waals surface area (Å²) in [5.41, 5.74) is 2.94. The third-order valence-electron chi connectivity index (χ3n) is 3.75. The zero-order chi connectivity index (χ0) is 16.2. The van der Waals surface area contributed by atoms with Gasteiger partial charge in [-0.05, 0) is 6.07 Å². The van der Waals surface area contributed by atoms with Crippen molar-refractivity contribution < 1.29 is 0 Å². The fraction of sp³-hybridized carbons (Fsp3) is 0.111. The molecule has 6 nitrogen and oxygen atoms in total. The molecule has 6 heteroatoms. The second-order valence-electron chi connectivity index (χ2n) is 5.37. The van der Waals surface area contributed by atoms with Crippen LogP contribution in [0.15, 0.2) is 67.0 Å². The highest BCUT2D eigenvalue weighted by atomic mass is 15.4. The summed E-state index contributed by atoms with van der Waals surface area (Å²) in [4.78, 5) is 9.34. The molecule has 0 fully saturated rings. The molecule has 0 radical (unpaired) electrons. The van der Waals surface area contributed by atoms with Gasteiger partial charge in [0.1, 0.15) is 0 Å². The molecule has 0 aliphatic rings.